The minimum atomic E-state index is 0.379. The van der Waals surface area contributed by atoms with Crippen LogP contribution < -0.4 is 10.1 Å². The maximum Gasteiger partial charge on any atom is 0.316 e. The molecule has 0 fully saturated rings. The van der Waals surface area contributed by atoms with E-state index in [1.54, 1.807) is 19.5 Å². The van der Waals surface area contributed by atoms with Gasteiger partial charge in [-0.1, -0.05) is 11.2 Å². The van der Waals surface area contributed by atoms with E-state index in [2.05, 4.69) is 20.5 Å². The Labute approximate surface area is 121 Å². The monoisotopic (exact) mass is 282 g/mol. The SMILES string of the molecule is COc1ccc(-c2nnc(NCc3cccnc3)o2)cc1. The Bertz CT molecular complexity index is 695. The topological polar surface area (TPSA) is 73.1 Å². The highest BCUT2D eigenvalue weighted by molar-refractivity contribution is 5.54. The van der Waals surface area contributed by atoms with E-state index in [1.807, 2.05) is 36.4 Å². The molecule has 6 heteroatoms. The van der Waals surface area contributed by atoms with Gasteiger partial charge in [-0.2, -0.15) is 0 Å². The van der Waals surface area contributed by atoms with Crippen LogP contribution in [0.3, 0.4) is 0 Å². The molecule has 21 heavy (non-hydrogen) atoms. The van der Waals surface area contributed by atoms with E-state index in [0.717, 1.165) is 16.9 Å². The first kappa shape index (κ1) is 13.1. The Kier molecular flexibility index (Phi) is 3.77. The van der Waals surface area contributed by atoms with Gasteiger partial charge in [0.1, 0.15) is 5.75 Å². The predicted molar refractivity (Wildman–Crippen MR) is 77.8 cm³/mol. The maximum absolute atomic E-state index is 5.57. The van der Waals surface area contributed by atoms with Crippen molar-refractivity contribution in [2.45, 2.75) is 6.54 Å². The third-order valence-corrected chi connectivity index (χ3v) is 2.93. The van der Waals surface area contributed by atoms with Crippen molar-refractivity contribution in [1.29, 1.82) is 0 Å². The van der Waals surface area contributed by atoms with Gasteiger partial charge in [-0.3, -0.25) is 4.98 Å². The van der Waals surface area contributed by atoms with Gasteiger partial charge in [0.05, 0.1) is 7.11 Å². The number of aromatic nitrogens is 3. The van der Waals surface area contributed by atoms with Gasteiger partial charge in [0.15, 0.2) is 0 Å². The lowest BCUT2D eigenvalue weighted by Gasteiger charge is -2.00. The molecule has 0 radical (unpaired) electrons. The number of hydrogen-bond acceptors (Lipinski definition) is 6. The summed E-state index contributed by atoms with van der Waals surface area (Å²) in [6.07, 6.45) is 3.52. The molecule has 0 atom stereocenters. The molecule has 2 aromatic heterocycles. The van der Waals surface area contributed by atoms with Gasteiger partial charge in [0, 0.05) is 24.5 Å². The van der Waals surface area contributed by atoms with E-state index >= 15 is 0 Å². The third kappa shape index (κ3) is 3.17. The predicted octanol–water partition coefficient (Wildman–Crippen LogP) is 2.75. The number of ether oxygens (including phenoxy) is 1. The fourth-order valence-electron chi connectivity index (χ4n) is 1.83. The number of benzene rings is 1. The molecule has 0 amide bonds. The molecule has 1 N–H and O–H groups in total. The molecule has 3 aromatic rings. The molecule has 0 bridgehead atoms. The normalized spacial score (nSPS) is 10.3. The van der Waals surface area contributed by atoms with Gasteiger partial charge in [0.2, 0.25) is 5.89 Å². The summed E-state index contributed by atoms with van der Waals surface area (Å²) >= 11 is 0. The molecule has 0 spiro atoms. The summed E-state index contributed by atoms with van der Waals surface area (Å²) in [5.74, 6) is 1.25. The Morgan fingerprint density at radius 3 is 2.71 bits per heavy atom. The summed E-state index contributed by atoms with van der Waals surface area (Å²) in [6, 6.07) is 11.7. The molecule has 2 heterocycles. The van der Waals surface area contributed by atoms with Crippen molar-refractivity contribution in [1.82, 2.24) is 15.2 Å². The summed E-state index contributed by atoms with van der Waals surface area (Å²) in [6.45, 7) is 0.581. The molecule has 0 aliphatic heterocycles. The van der Waals surface area contributed by atoms with Crippen LogP contribution in [0.2, 0.25) is 0 Å². The lowest BCUT2D eigenvalue weighted by atomic mass is 10.2. The minimum absolute atomic E-state index is 0.379. The van der Waals surface area contributed by atoms with E-state index in [1.165, 1.54) is 0 Å². The van der Waals surface area contributed by atoms with E-state index in [9.17, 15) is 0 Å². The quantitative estimate of drug-likeness (QED) is 0.775. The van der Waals surface area contributed by atoms with E-state index in [4.69, 9.17) is 9.15 Å². The summed E-state index contributed by atoms with van der Waals surface area (Å²) in [4.78, 5) is 4.05. The Hall–Kier alpha value is -2.89. The lowest BCUT2D eigenvalue weighted by Crippen LogP contribution is -1.99. The highest BCUT2D eigenvalue weighted by atomic mass is 16.5. The van der Waals surface area contributed by atoms with Crippen LogP contribution in [0.4, 0.5) is 6.01 Å². The molecule has 0 aliphatic carbocycles. The Morgan fingerprint density at radius 1 is 1.14 bits per heavy atom. The van der Waals surface area contributed by atoms with Gasteiger partial charge in [-0.15, -0.1) is 5.10 Å². The van der Waals surface area contributed by atoms with Gasteiger partial charge in [0.25, 0.3) is 0 Å². The minimum Gasteiger partial charge on any atom is -0.497 e. The summed E-state index contributed by atoms with van der Waals surface area (Å²) in [7, 11) is 1.63. The average Bonchev–Trinajstić information content (AvgIpc) is 3.03. The largest absolute Gasteiger partial charge is 0.497 e. The molecule has 1 aromatic carbocycles. The first-order valence-electron chi connectivity index (χ1n) is 6.46. The number of nitrogens with one attached hydrogen (secondary N) is 1. The van der Waals surface area contributed by atoms with Crippen molar-refractivity contribution in [2.75, 3.05) is 12.4 Å². The number of rotatable bonds is 5. The van der Waals surface area contributed by atoms with Crippen molar-refractivity contribution in [3.05, 3.63) is 54.4 Å². The van der Waals surface area contributed by atoms with Crippen LogP contribution in [-0.2, 0) is 6.54 Å². The van der Waals surface area contributed by atoms with Gasteiger partial charge < -0.3 is 14.5 Å². The molecular weight excluding hydrogens is 268 g/mol. The second kappa shape index (κ2) is 6.04. The average molecular weight is 282 g/mol. The smallest absolute Gasteiger partial charge is 0.316 e. The Balaban J connectivity index is 1.68. The van der Waals surface area contributed by atoms with Gasteiger partial charge >= 0.3 is 6.01 Å². The molecule has 0 unspecified atom stereocenters. The Morgan fingerprint density at radius 2 is 2.00 bits per heavy atom. The zero-order chi connectivity index (χ0) is 14.5. The zero-order valence-electron chi connectivity index (χ0n) is 11.5. The number of methoxy groups -OCH3 is 1. The summed E-state index contributed by atoms with van der Waals surface area (Å²) < 4.78 is 10.7. The molecular formula is C15H14N4O2. The fourth-order valence-corrected chi connectivity index (χ4v) is 1.83. The van der Waals surface area contributed by atoms with Crippen molar-refractivity contribution < 1.29 is 9.15 Å². The van der Waals surface area contributed by atoms with E-state index in [0.29, 0.717) is 18.5 Å². The molecule has 3 rings (SSSR count). The molecule has 0 saturated carbocycles. The van der Waals surface area contributed by atoms with Crippen LogP contribution in [0.15, 0.2) is 53.2 Å². The number of hydrogen-bond donors (Lipinski definition) is 1. The van der Waals surface area contributed by atoms with Crippen LogP contribution in [0, 0.1) is 0 Å². The first-order valence-corrected chi connectivity index (χ1v) is 6.46. The molecule has 6 nitrogen and oxygen atoms in total. The number of pyridine rings is 1. The summed E-state index contributed by atoms with van der Waals surface area (Å²) in [5, 5.41) is 11.1. The van der Waals surface area contributed by atoms with Gasteiger partial charge in [-0.05, 0) is 35.9 Å². The second-order valence-electron chi connectivity index (χ2n) is 4.36. The van der Waals surface area contributed by atoms with Crippen molar-refractivity contribution in [3.8, 4) is 17.2 Å². The van der Waals surface area contributed by atoms with E-state index < -0.39 is 0 Å². The second-order valence-corrected chi connectivity index (χ2v) is 4.36. The first-order chi connectivity index (χ1) is 10.3. The summed E-state index contributed by atoms with van der Waals surface area (Å²) in [5.41, 5.74) is 1.89. The third-order valence-electron chi connectivity index (χ3n) is 2.93. The van der Waals surface area contributed by atoms with Crippen molar-refractivity contribution >= 4 is 6.01 Å². The fraction of sp³-hybridized carbons (Fsp3) is 0.133. The van der Waals surface area contributed by atoms with Gasteiger partial charge in [-0.25, -0.2) is 0 Å². The molecule has 0 aliphatic rings. The standard InChI is InChI=1S/C15H14N4O2/c1-20-13-6-4-12(5-7-13)14-18-19-15(21-14)17-10-11-3-2-8-16-9-11/h2-9H,10H2,1H3,(H,17,19). The van der Waals surface area contributed by atoms with E-state index in [-0.39, 0.29) is 0 Å². The highest BCUT2D eigenvalue weighted by Crippen LogP contribution is 2.22. The number of nitrogens with zero attached hydrogens (tertiary/aromatic N) is 3. The number of anilines is 1. The van der Waals surface area contributed by atoms with Crippen LogP contribution in [0.5, 0.6) is 5.75 Å². The van der Waals surface area contributed by atoms with Crippen LogP contribution in [-0.4, -0.2) is 22.3 Å². The molecule has 106 valence electrons. The maximum atomic E-state index is 5.57. The zero-order valence-corrected chi connectivity index (χ0v) is 11.5. The highest BCUT2D eigenvalue weighted by Gasteiger charge is 2.08. The van der Waals surface area contributed by atoms with Crippen LogP contribution in [0.25, 0.3) is 11.5 Å². The lowest BCUT2D eigenvalue weighted by molar-refractivity contribution is 0.415. The van der Waals surface area contributed by atoms with Crippen molar-refractivity contribution in [3.63, 3.8) is 0 Å². The van der Waals surface area contributed by atoms with Crippen molar-refractivity contribution in [2.24, 2.45) is 0 Å². The van der Waals surface area contributed by atoms with Crippen LogP contribution in [0.1, 0.15) is 5.56 Å². The van der Waals surface area contributed by atoms with Crippen LogP contribution >= 0.6 is 0 Å². The molecule has 0 saturated heterocycles.